The van der Waals surface area contributed by atoms with Crippen LogP contribution in [-0.2, 0) is 34.3 Å². The second kappa shape index (κ2) is 6.84. The van der Waals surface area contributed by atoms with Crippen molar-refractivity contribution in [1.29, 1.82) is 0 Å². The smallest absolute Gasteiger partial charge is 0.226 e. The van der Waals surface area contributed by atoms with Crippen molar-refractivity contribution in [3.63, 3.8) is 0 Å². The number of carbonyl (C=O) groups excluding carboxylic acids is 1. The Hall–Kier alpha value is -1.41. The Labute approximate surface area is 143 Å². The third kappa shape index (κ3) is 4.16. The molecule has 1 saturated carbocycles. The third-order valence-corrected chi connectivity index (χ3v) is 5.90. The molecule has 1 aliphatic heterocycles. The average molecular weight is 354 g/mol. The molecule has 2 aliphatic rings. The predicted molar refractivity (Wildman–Crippen MR) is 91.0 cm³/mol. The van der Waals surface area contributed by atoms with Gasteiger partial charge in [0.15, 0.2) is 0 Å². The Morgan fingerprint density at radius 1 is 1.42 bits per heavy atom. The van der Waals surface area contributed by atoms with Crippen LogP contribution in [0.3, 0.4) is 0 Å². The van der Waals surface area contributed by atoms with E-state index in [1.54, 1.807) is 0 Å². The zero-order chi connectivity index (χ0) is 17.3. The Kier molecular flexibility index (Phi) is 4.96. The molecular formula is C16H26N4O3S. The van der Waals surface area contributed by atoms with Crippen LogP contribution in [0.2, 0.25) is 0 Å². The van der Waals surface area contributed by atoms with Crippen molar-refractivity contribution >= 4 is 15.7 Å². The molecule has 1 N–H and O–H groups in total. The summed E-state index contributed by atoms with van der Waals surface area (Å²) < 4.78 is 24.6. The fourth-order valence-corrected chi connectivity index (χ4v) is 4.33. The molecule has 0 unspecified atom stereocenters. The SMILES string of the molecule is C[C@H](CS(C)(=O)=O)NCc1cc2n(n1)CCN(C(=O)C1CCC1)C2. The van der Waals surface area contributed by atoms with E-state index in [1.165, 1.54) is 12.7 Å². The summed E-state index contributed by atoms with van der Waals surface area (Å²) in [7, 11) is -2.98. The number of hydrogen-bond acceptors (Lipinski definition) is 5. The fraction of sp³-hybridized carbons (Fsp3) is 0.750. The number of nitrogens with one attached hydrogen (secondary N) is 1. The highest BCUT2D eigenvalue weighted by atomic mass is 32.2. The minimum absolute atomic E-state index is 0.115. The number of sulfone groups is 1. The van der Waals surface area contributed by atoms with Gasteiger partial charge < -0.3 is 10.2 Å². The molecule has 1 aromatic rings. The molecule has 1 atom stereocenters. The summed E-state index contributed by atoms with van der Waals surface area (Å²) in [6, 6.07) is 1.90. The molecule has 1 aliphatic carbocycles. The van der Waals surface area contributed by atoms with Crippen LogP contribution in [0.5, 0.6) is 0 Å². The summed E-state index contributed by atoms with van der Waals surface area (Å²) in [6.07, 6.45) is 4.47. The van der Waals surface area contributed by atoms with Gasteiger partial charge >= 0.3 is 0 Å². The van der Waals surface area contributed by atoms with Gasteiger partial charge in [0.1, 0.15) is 9.84 Å². The van der Waals surface area contributed by atoms with Gasteiger partial charge in [-0.15, -0.1) is 0 Å². The number of hydrogen-bond donors (Lipinski definition) is 1. The average Bonchev–Trinajstić information content (AvgIpc) is 2.83. The number of amides is 1. The van der Waals surface area contributed by atoms with Crippen LogP contribution >= 0.6 is 0 Å². The van der Waals surface area contributed by atoms with E-state index in [9.17, 15) is 13.2 Å². The Morgan fingerprint density at radius 3 is 2.79 bits per heavy atom. The molecule has 1 amide bonds. The maximum atomic E-state index is 12.4. The van der Waals surface area contributed by atoms with Crippen molar-refractivity contribution in [2.45, 2.75) is 51.9 Å². The van der Waals surface area contributed by atoms with E-state index in [0.717, 1.165) is 37.3 Å². The highest BCUT2D eigenvalue weighted by molar-refractivity contribution is 7.90. The first-order valence-corrected chi connectivity index (χ1v) is 10.6. The first-order valence-electron chi connectivity index (χ1n) is 8.57. The van der Waals surface area contributed by atoms with Crippen molar-refractivity contribution in [2.75, 3.05) is 18.6 Å². The van der Waals surface area contributed by atoms with Gasteiger partial charge in [-0.2, -0.15) is 5.10 Å². The second-order valence-electron chi connectivity index (χ2n) is 7.11. The monoisotopic (exact) mass is 354 g/mol. The summed E-state index contributed by atoms with van der Waals surface area (Å²) in [5.41, 5.74) is 1.95. The van der Waals surface area contributed by atoms with Crippen molar-refractivity contribution in [1.82, 2.24) is 20.0 Å². The van der Waals surface area contributed by atoms with Gasteiger partial charge in [0, 0.05) is 31.3 Å². The van der Waals surface area contributed by atoms with E-state index in [-0.39, 0.29) is 23.6 Å². The maximum absolute atomic E-state index is 12.4. The second-order valence-corrected chi connectivity index (χ2v) is 9.30. The number of fused-ring (bicyclic) bond motifs is 1. The number of carbonyl (C=O) groups is 1. The molecule has 8 heteroatoms. The molecule has 0 aromatic carbocycles. The van der Waals surface area contributed by atoms with Gasteiger partial charge in [0.2, 0.25) is 5.91 Å². The van der Waals surface area contributed by atoms with Crippen LogP contribution in [-0.4, -0.2) is 53.6 Å². The third-order valence-electron chi connectivity index (χ3n) is 4.80. The fourth-order valence-electron chi connectivity index (χ4n) is 3.31. The van der Waals surface area contributed by atoms with Crippen LogP contribution in [0, 0.1) is 5.92 Å². The number of aromatic nitrogens is 2. The molecule has 7 nitrogen and oxygen atoms in total. The summed E-state index contributed by atoms with van der Waals surface area (Å²) in [6.45, 7) is 4.47. The Bertz CT molecular complexity index is 709. The molecule has 0 bridgehead atoms. The topological polar surface area (TPSA) is 84.3 Å². The molecule has 24 heavy (non-hydrogen) atoms. The van der Waals surface area contributed by atoms with E-state index in [1.807, 2.05) is 22.6 Å². The Balaban J connectivity index is 1.56. The maximum Gasteiger partial charge on any atom is 0.226 e. The lowest BCUT2D eigenvalue weighted by atomic mass is 9.84. The van der Waals surface area contributed by atoms with Crippen LogP contribution in [0.1, 0.15) is 37.6 Å². The molecular weight excluding hydrogens is 328 g/mol. The molecule has 0 radical (unpaired) electrons. The van der Waals surface area contributed by atoms with Crippen LogP contribution in [0.4, 0.5) is 0 Å². The molecule has 0 saturated heterocycles. The Morgan fingerprint density at radius 2 is 2.17 bits per heavy atom. The highest BCUT2D eigenvalue weighted by Crippen LogP contribution is 2.29. The highest BCUT2D eigenvalue weighted by Gasteiger charge is 2.31. The lowest BCUT2D eigenvalue weighted by molar-refractivity contribution is -0.139. The summed E-state index contributed by atoms with van der Waals surface area (Å²) in [5.74, 6) is 0.636. The van der Waals surface area contributed by atoms with Crippen molar-refractivity contribution in [3.8, 4) is 0 Å². The molecule has 0 spiro atoms. The summed E-state index contributed by atoms with van der Waals surface area (Å²) >= 11 is 0. The van der Waals surface area contributed by atoms with E-state index in [2.05, 4.69) is 10.4 Å². The zero-order valence-electron chi connectivity index (χ0n) is 14.4. The van der Waals surface area contributed by atoms with Gasteiger partial charge in [-0.25, -0.2) is 8.42 Å². The van der Waals surface area contributed by atoms with Crippen molar-refractivity contribution in [2.24, 2.45) is 5.92 Å². The molecule has 1 fully saturated rings. The van der Waals surface area contributed by atoms with E-state index in [4.69, 9.17) is 0 Å². The van der Waals surface area contributed by atoms with Gasteiger partial charge in [0.25, 0.3) is 0 Å². The van der Waals surface area contributed by atoms with E-state index < -0.39 is 9.84 Å². The van der Waals surface area contributed by atoms with Crippen molar-refractivity contribution < 1.29 is 13.2 Å². The summed E-state index contributed by atoms with van der Waals surface area (Å²) in [4.78, 5) is 14.3. The van der Waals surface area contributed by atoms with Gasteiger partial charge in [-0.3, -0.25) is 9.48 Å². The zero-order valence-corrected chi connectivity index (χ0v) is 15.2. The van der Waals surface area contributed by atoms with Crippen LogP contribution in [0.15, 0.2) is 6.07 Å². The van der Waals surface area contributed by atoms with Crippen LogP contribution in [0.25, 0.3) is 0 Å². The number of rotatable bonds is 6. The lowest BCUT2D eigenvalue weighted by Crippen LogP contribution is -2.43. The minimum Gasteiger partial charge on any atom is -0.335 e. The summed E-state index contributed by atoms with van der Waals surface area (Å²) in [5, 5.41) is 7.76. The number of nitrogens with zero attached hydrogens (tertiary/aromatic N) is 3. The first kappa shape index (κ1) is 17.4. The van der Waals surface area contributed by atoms with E-state index >= 15 is 0 Å². The molecule has 134 valence electrons. The van der Waals surface area contributed by atoms with Gasteiger partial charge in [-0.05, 0) is 25.8 Å². The molecule has 2 heterocycles. The molecule has 1 aromatic heterocycles. The van der Waals surface area contributed by atoms with Crippen molar-refractivity contribution in [3.05, 3.63) is 17.5 Å². The van der Waals surface area contributed by atoms with E-state index in [0.29, 0.717) is 13.1 Å². The predicted octanol–water partition coefficient (Wildman–Crippen LogP) is 0.548. The quantitative estimate of drug-likeness (QED) is 0.806. The first-order chi connectivity index (χ1) is 11.3. The minimum atomic E-state index is -2.98. The normalized spacial score (nSPS) is 19.7. The van der Waals surface area contributed by atoms with Crippen LogP contribution < -0.4 is 5.32 Å². The standard InChI is InChI=1S/C16H26N4O3S/c1-12(11-24(2,22)23)17-9-14-8-15-10-19(6-7-20(15)18-14)16(21)13-4-3-5-13/h8,12-13,17H,3-7,9-11H2,1-2H3/t12-/m1/s1. The largest absolute Gasteiger partial charge is 0.335 e. The molecule has 3 rings (SSSR count). The van der Waals surface area contributed by atoms with Gasteiger partial charge in [0.05, 0.1) is 30.2 Å². The van der Waals surface area contributed by atoms with Gasteiger partial charge in [-0.1, -0.05) is 6.42 Å². The lowest BCUT2D eigenvalue weighted by Gasteiger charge is -2.34.